The second-order valence-electron chi connectivity index (χ2n) is 6.77. The van der Waals surface area contributed by atoms with Crippen molar-refractivity contribution in [2.24, 2.45) is 5.10 Å². The summed E-state index contributed by atoms with van der Waals surface area (Å²) in [6, 6.07) is 15.3. The Hall–Kier alpha value is -2.47. The fourth-order valence-electron chi connectivity index (χ4n) is 4.02. The molecule has 0 saturated heterocycles. The van der Waals surface area contributed by atoms with Crippen LogP contribution >= 0.6 is 15.9 Å². The number of benzene rings is 2. The van der Waals surface area contributed by atoms with Crippen molar-refractivity contribution in [2.75, 3.05) is 6.61 Å². The number of esters is 1. The van der Waals surface area contributed by atoms with Crippen molar-refractivity contribution < 1.29 is 14.3 Å². The lowest BCUT2D eigenvalue weighted by atomic mass is 9.67. The van der Waals surface area contributed by atoms with Gasteiger partial charge in [0.25, 0.3) is 0 Å². The average molecular weight is 427 g/mol. The van der Waals surface area contributed by atoms with E-state index in [9.17, 15) is 9.59 Å². The Labute approximate surface area is 165 Å². The number of nitrogens with zero attached hydrogens (tertiary/aromatic N) is 1. The first-order valence-electron chi connectivity index (χ1n) is 8.97. The predicted molar refractivity (Wildman–Crippen MR) is 106 cm³/mol. The van der Waals surface area contributed by atoms with Crippen molar-refractivity contribution in [1.82, 2.24) is 5.43 Å². The van der Waals surface area contributed by atoms with Crippen LogP contribution in [0.3, 0.4) is 0 Å². The van der Waals surface area contributed by atoms with E-state index in [1.54, 1.807) is 6.92 Å². The predicted octanol–water partition coefficient (Wildman–Crippen LogP) is 3.62. The van der Waals surface area contributed by atoms with Crippen molar-refractivity contribution in [2.45, 2.75) is 31.2 Å². The molecule has 27 heavy (non-hydrogen) atoms. The fourth-order valence-corrected chi connectivity index (χ4v) is 4.28. The van der Waals surface area contributed by atoms with Gasteiger partial charge in [0.05, 0.1) is 12.5 Å². The van der Waals surface area contributed by atoms with Crippen LogP contribution in [-0.4, -0.2) is 29.6 Å². The molecule has 0 bridgehead atoms. The molecular formula is C21H19BrN2O3. The molecule has 0 unspecified atom stereocenters. The van der Waals surface area contributed by atoms with Gasteiger partial charge in [0.1, 0.15) is 5.54 Å². The Morgan fingerprint density at radius 1 is 1.26 bits per heavy atom. The molecule has 2 aromatic rings. The Balaban J connectivity index is 1.82. The topological polar surface area (TPSA) is 67.8 Å². The number of rotatable bonds is 3. The minimum Gasteiger partial charge on any atom is -0.461 e. The van der Waals surface area contributed by atoms with E-state index in [0.717, 1.165) is 22.0 Å². The molecule has 2 aliphatic rings. The molecule has 2 aromatic carbocycles. The monoisotopic (exact) mass is 426 g/mol. The van der Waals surface area contributed by atoms with E-state index in [-0.39, 0.29) is 18.1 Å². The quantitative estimate of drug-likeness (QED) is 0.760. The first kappa shape index (κ1) is 17.9. The van der Waals surface area contributed by atoms with Gasteiger partial charge in [-0.1, -0.05) is 52.3 Å². The van der Waals surface area contributed by atoms with Gasteiger partial charge in [-0.15, -0.1) is 0 Å². The van der Waals surface area contributed by atoms with Gasteiger partial charge in [-0.25, -0.2) is 4.79 Å². The molecule has 0 fully saturated rings. The third kappa shape index (κ3) is 2.88. The van der Waals surface area contributed by atoms with Crippen molar-refractivity contribution >= 4 is 33.4 Å². The van der Waals surface area contributed by atoms with Gasteiger partial charge in [0.15, 0.2) is 11.5 Å². The van der Waals surface area contributed by atoms with Crippen LogP contribution in [-0.2, 0) is 16.0 Å². The third-order valence-corrected chi connectivity index (χ3v) is 5.81. The van der Waals surface area contributed by atoms with Crippen LogP contribution in [0, 0.1) is 0 Å². The van der Waals surface area contributed by atoms with Crippen LogP contribution < -0.4 is 5.43 Å². The lowest BCUT2D eigenvalue weighted by molar-refractivity contribution is -0.135. The van der Waals surface area contributed by atoms with Crippen LogP contribution in [0.25, 0.3) is 0 Å². The third-order valence-electron chi connectivity index (χ3n) is 5.29. The number of Topliss-reactive ketones (excluding diaryl/α,β-unsaturated/α-hetero) is 1. The number of hydrazone groups is 1. The summed E-state index contributed by atoms with van der Waals surface area (Å²) >= 11 is 3.44. The molecule has 5 nitrogen and oxygen atoms in total. The van der Waals surface area contributed by atoms with Crippen LogP contribution in [0.15, 0.2) is 58.1 Å². The van der Waals surface area contributed by atoms with E-state index in [1.807, 2.05) is 48.5 Å². The molecule has 138 valence electrons. The first-order chi connectivity index (χ1) is 13.1. The van der Waals surface area contributed by atoms with Gasteiger partial charge < -0.3 is 4.74 Å². The Bertz CT molecular complexity index is 939. The number of aryl methyl sites for hydroxylation is 1. The molecule has 6 heteroatoms. The largest absolute Gasteiger partial charge is 0.461 e. The summed E-state index contributed by atoms with van der Waals surface area (Å²) in [5, 5.41) is 4.29. The summed E-state index contributed by atoms with van der Waals surface area (Å²) in [7, 11) is 0. The van der Waals surface area contributed by atoms with E-state index >= 15 is 0 Å². The Morgan fingerprint density at radius 3 is 2.74 bits per heavy atom. The maximum Gasteiger partial charge on any atom is 0.355 e. The summed E-state index contributed by atoms with van der Waals surface area (Å²) in [6.45, 7) is 2.02. The molecule has 1 aliphatic heterocycles. The molecule has 1 spiro atoms. The molecule has 1 aliphatic carbocycles. The molecule has 0 aromatic heterocycles. The summed E-state index contributed by atoms with van der Waals surface area (Å²) in [4.78, 5) is 26.1. The van der Waals surface area contributed by atoms with Crippen LogP contribution in [0.1, 0.15) is 40.7 Å². The van der Waals surface area contributed by atoms with Gasteiger partial charge in [-0.3, -0.25) is 10.2 Å². The minimum absolute atomic E-state index is 0.0275. The van der Waals surface area contributed by atoms with E-state index in [4.69, 9.17) is 4.74 Å². The van der Waals surface area contributed by atoms with Gasteiger partial charge in [-0.05, 0) is 43.0 Å². The van der Waals surface area contributed by atoms with Crippen LogP contribution in [0.5, 0.6) is 0 Å². The highest BCUT2D eigenvalue weighted by Crippen LogP contribution is 2.43. The van der Waals surface area contributed by atoms with Crippen molar-refractivity contribution in [3.8, 4) is 0 Å². The molecule has 0 amide bonds. The average Bonchev–Trinajstić information content (AvgIpc) is 3.06. The van der Waals surface area contributed by atoms with Gasteiger partial charge in [0, 0.05) is 10.0 Å². The normalized spacial score (nSPS) is 23.6. The van der Waals surface area contributed by atoms with E-state index < -0.39 is 17.4 Å². The minimum atomic E-state index is -0.968. The lowest BCUT2D eigenvalue weighted by Gasteiger charge is -2.37. The molecule has 4 rings (SSSR count). The second-order valence-corrected chi connectivity index (χ2v) is 7.69. The van der Waals surface area contributed by atoms with Crippen molar-refractivity contribution in [1.29, 1.82) is 0 Å². The summed E-state index contributed by atoms with van der Waals surface area (Å²) < 4.78 is 6.14. The summed E-state index contributed by atoms with van der Waals surface area (Å²) in [6.07, 6.45) is 1.31. The lowest BCUT2D eigenvalue weighted by Crippen LogP contribution is -2.55. The van der Waals surface area contributed by atoms with Gasteiger partial charge >= 0.3 is 5.97 Å². The Morgan fingerprint density at radius 2 is 2.00 bits per heavy atom. The number of hydrogen-bond acceptors (Lipinski definition) is 5. The van der Waals surface area contributed by atoms with Crippen molar-refractivity contribution in [3.05, 3.63) is 69.7 Å². The number of carbonyl (C=O) groups excluding carboxylic acids is 2. The Kier molecular flexibility index (Phi) is 4.60. The molecule has 0 saturated carbocycles. The number of carbonyl (C=O) groups is 2. The zero-order valence-electron chi connectivity index (χ0n) is 14.9. The summed E-state index contributed by atoms with van der Waals surface area (Å²) in [5.74, 6) is -1.01. The first-order valence-corrected chi connectivity index (χ1v) is 9.76. The number of halogens is 1. The maximum atomic E-state index is 13.5. The van der Waals surface area contributed by atoms with E-state index in [1.165, 1.54) is 0 Å². The van der Waals surface area contributed by atoms with Crippen LogP contribution in [0.2, 0.25) is 0 Å². The number of nitrogens with one attached hydrogen (secondary N) is 1. The summed E-state index contributed by atoms with van der Waals surface area (Å²) in [5.41, 5.74) is 4.92. The number of ketones is 1. The standard InChI is InChI=1S/C21H19BrN2O3/c1-2-27-20(26)18-17(14-7-9-15(22)10-8-14)21(24-23-18)12-11-13-5-3-4-6-16(13)19(21)25/h3-10,17,24H,2,11-12H2,1H3/t17-,21-/m1/s1. The van der Waals surface area contributed by atoms with E-state index in [2.05, 4.69) is 26.5 Å². The van der Waals surface area contributed by atoms with Gasteiger partial charge in [0.2, 0.25) is 0 Å². The number of hydrogen-bond donors (Lipinski definition) is 1. The fraction of sp³-hybridized carbons (Fsp3) is 0.286. The van der Waals surface area contributed by atoms with Crippen molar-refractivity contribution in [3.63, 3.8) is 0 Å². The van der Waals surface area contributed by atoms with Crippen LogP contribution in [0.4, 0.5) is 0 Å². The number of fused-ring (bicyclic) bond motifs is 1. The second kappa shape index (κ2) is 6.93. The molecule has 1 heterocycles. The SMILES string of the molecule is CCOC(=O)C1=NN[C@]2(CCc3ccccc3C2=O)[C@@H]1c1ccc(Br)cc1. The highest BCUT2D eigenvalue weighted by molar-refractivity contribution is 9.10. The highest BCUT2D eigenvalue weighted by Gasteiger charge is 2.56. The molecule has 2 atom stereocenters. The van der Waals surface area contributed by atoms with Gasteiger partial charge in [-0.2, -0.15) is 5.10 Å². The number of ether oxygens (including phenoxy) is 1. The molecular weight excluding hydrogens is 408 g/mol. The smallest absolute Gasteiger partial charge is 0.355 e. The zero-order valence-corrected chi connectivity index (χ0v) is 16.5. The molecule has 0 radical (unpaired) electrons. The zero-order chi connectivity index (χ0) is 19.0. The van der Waals surface area contributed by atoms with E-state index in [0.29, 0.717) is 12.0 Å². The maximum absolute atomic E-state index is 13.5. The highest BCUT2D eigenvalue weighted by atomic mass is 79.9. The molecule has 1 N–H and O–H groups in total.